The van der Waals surface area contributed by atoms with E-state index < -0.39 is 11.7 Å². The monoisotopic (exact) mass is 493 g/mol. The number of fused-ring (bicyclic) bond motifs is 1. The lowest BCUT2D eigenvalue weighted by Gasteiger charge is -2.27. The molecule has 9 nitrogen and oxygen atoms in total. The molecule has 1 aliphatic heterocycles. The van der Waals surface area contributed by atoms with Crippen LogP contribution >= 0.6 is 15.9 Å². The van der Waals surface area contributed by atoms with Crippen LogP contribution in [-0.4, -0.2) is 78.9 Å². The summed E-state index contributed by atoms with van der Waals surface area (Å²) in [4.78, 5) is 37.4. The van der Waals surface area contributed by atoms with Crippen LogP contribution in [0.4, 0.5) is 10.6 Å². The fourth-order valence-electron chi connectivity index (χ4n) is 3.01. The first kappa shape index (κ1) is 23.2. The van der Waals surface area contributed by atoms with E-state index >= 15 is 0 Å². The van der Waals surface area contributed by atoms with Crippen molar-refractivity contribution in [1.29, 1.82) is 0 Å². The maximum atomic E-state index is 12.6. The molecule has 0 atom stereocenters. The zero-order valence-corrected chi connectivity index (χ0v) is 19.9. The van der Waals surface area contributed by atoms with Crippen LogP contribution in [0.3, 0.4) is 0 Å². The number of anilines is 1. The van der Waals surface area contributed by atoms with Gasteiger partial charge in [-0.05, 0) is 48.8 Å². The quantitative estimate of drug-likeness (QED) is 0.683. The van der Waals surface area contributed by atoms with Crippen LogP contribution in [0.15, 0.2) is 22.8 Å². The Bertz CT molecular complexity index is 957. The average Bonchev–Trinajstić information content (AvgIpc) is 2.72. The van der Waals surface area contributed by atoms with E-state index in [2.05, 4.69) is 31.1 Å². The Morgan fingerprint density at radius 1 is 1.29 bits per heavy atom. The molecule has 10 heteroatoms. The van der Waals surface area contributed by atoms with Crippen molar-refractivity contribution < 1.29 is 19.1 Å². The maximum absolute atomic E-state index is 12.6. The van der Waals surface area contributed by atoms with Gasteiger partial charge >= 0.3 is 6.09 Å². The van der Waals surface area contributed by atoms with Crippen molar-refractivity contribution >= 4 is 44.8 Å². The fraction of sp³-hybridized carbons (Fsp3) is 0.524. The summed E-state index contributed by atoms with van der Waals surface area (Å²) < 4.78 is 11.4. The van der Waals surface area contributed by atoms with E-state index in [9.17, 15) is 9.59 Å². The van der Waals surface area contributed by atoms with E-state index in [-0.39, 0.29) is 5.91 Å². The van der Waals surface area contributed by atoms with Crippen LogP contribution in [0, 0.1) is 0 Å². The first-order valence-corrected chi connectivity index (χ1v) is 10.9. The van der Waals surface area contributed by atoms with Crippen LogP contribution in [0.5, 0.6) is 0 Å². The molecule has 31 heavy (non-hydrogen) atoms. The van der Waals surface area contributed by atoms with Crippen molar-refractivity contribution in [2.45, 2.75) is 26.4 Å². The molecule has 0 unspecified atom stereocenters. The molecular weight excluding hydrogens is 466 g/mol. The van der Waals surface area contributed by atoms with Crippen molar-refractivity contribution in [3.05, 3.63) is 28.4 Å². The third kappa shape index (κ3) is 6.27. The number of carbonyl (C=O) groups excluding carboxylic acids is 2. The van der Waals surface area contributed by atoms with Crippen LogP contribution < -0.4 is 10.2 Å². The number of carbonyl (C=O) groups is 2. The Labute approximate surface area is 190 Å². The van der Waals surface area contributed by atoms with Gasteiger partial charge in [0.05, 0.1) is 24.9 Å². The number of nitrogens with one attached hydrogen (secondary N) is 1. The van der Waals surface area contributed by atoms with Gasteiger partial charge in [-0.15, -0.1) is 0 Å². The van der Waals surface area contributed by atoms with E-state index in [0.29, 0.717) is 47.4 Å². The number of likely N-dealkylation sites (N-methyl/N-ethyl adjacent to an activating group) is 1. The van der Waals surface area contributed by atoms with Crippen molar-refractivity contribution in [3.63, 3.8) is 0 Å². The third-order valence-corrected chi connectivity index (χ3v) is 5.23. The first-order valence-electron chi connectivity index (χ1n) is 10.2. The molecule has 2 heterocycles. The number of aromatic nitrogens is 2. The molecule has 0 spiro atoms. The largest absolute Gasteiger partial charge is 0.444 e. The molecule has 2 aromatic rings. The summed E-state index contributed by atoms with van der Waals surface area (Å²) in [5.74, 6) is 0.540. The van der Waals surface area contributed by atoms with E-state index in [1.807, 2.05) is 20.8 Å². The lowest BCUT2D eigenvalue weighted by Crippen LogP contribution is -2.39. The topological polar surface area (TPSA) is 96.9 Å². The number of halogens is 1. The minimum atomic E-state index is -0.561. The number of rotatable bonds is 5. The number of nitrogens with zero attached hydrogens (tertiary/aromatic N) is 4. The Hall–Kier alpha value is -2.46. The number of morpholine rings is 1. The molecular formula is C21H28BrN5O4. The SMILES string of the molecule is CN(CCNC(=O)c1cc(Br)c2nc(N3CCOCC3)cnc2c1)C(=O)OC(C)(C)C. The smallest absolute Gasteiger partial charge is 0.410 e. The van der Waals surface area contributed by atoms with E-state index in [0.717, 1.165) is 18.9 Å². The molecule has 3 rings (SSSR count). The number of benzene rings is 1. The molecule has 0 bridgehead atoms. The highest BCUT2D eigenvalue weighted by Gasteiger charge is 2.20. The minimum absolute atomic E-state index is 0.251. The van der Waals surface area contributed by atoms with Crippen LogP contribution in [-0.2, 0) is 9.47 Å². The lowest BCUT2D eigenvalue weighted by molar-refractivity contribution is 0.0299. The molecule has 1 aliphatic rings. The highest BCUT2D eigenvalue weighted by Crippen LogP contribution is 2.25. The van der Waals surface area contributed by atoms with Crippen molar-refractivity contribution in [2.24, 2.45) is 0 Å². The van der Waals surface area contributed by atoms with Crippen molar-refractivity contribution in [2.75, 3.05) is 51.3 Å². The second-order valence-corrected chi connectivity index (χ2v) is 9.17. The fourth-order valence-corrected chi connectivity index (χ4v) is 3.55. The summed E-state index contributed by atoms with van der Waals surface area (Å²) in [6.45, 7) is 8.95. The van der Waals surface area contributed by atoms with Gasteiger partial charge in [0, 0.05) is 43.3 Å². The molecule has 2 amide bonds. The summed E-state index contributed by atoms with van der Waals surface area (Å²) in [7, 11) is 1.63. The molecule has 1 saturated heterocycles. The predicted molar refractivity (Wildman–Crippen MR) is 121 cm³/mol. The van der Waals surface area contributed by atoms with Gasteiger partial charge in [-0.3, -0.25) is 9.78 Å². The molecule has 1 fully saturated rings. The Kier molecular flexibility index (Phi) is 7.32. The minimum Gasteiger partial charge on any atom is -0.444 e. The van der Waals surface area contributed by atoms with Gasteiger partial charge in [-0.25, -0.2) is 9.78 Å². The van der Waals surface area contributed by atoms with Crippen molar-refractivity contribution in [1.82, 2.24) is 20.2 Å². The van der Waals surface area contributed by atoms with Crippen LogP contribution in [0.2, 0.25) is 0 Å². The Balaban J connectivity index is 1.63. The van der Waals surface area contributed by atoms with Gasteiger partial charge < -0.3 is 24.6 Å². The lowest BCUT2D eigenvalue weighted by atomic mass is 10.2. The normalized spacial score (nSPS) is 14.4. The van der Waals surface area contributed by atoms with Gasteiger partial charge in [0.2, 0.25) is 0 Å². The van der Waals surface area contributed by atoms with E-state index in [1.54, 1.807) is 25.4 Å². The molecule has 0 saturated carbocycles. The number of ether oxygens (including phenoxy) is 2. The highest BCUT2D eigenvalue weighted by molar-refractivity contribution is 9.10. The third-order valence-electron chi connectivity index (χ3n) is 4.62. The highest BCUT2D eigenvalue weighted by atomic mass is 79.9. The maximum Gasteiger partial charge on any atom is 0.410 e. The molecule has 0 radical (unpaired) electrons. The van der Waals surface area contributed by atoms with Gasteiger partial charge in [0.25, 0.3) is 5.91 Å². The summed E-state index contributed by atoms with van der Waals surface area (Å²) in [6, 6.07) is 3.44. The van der Waals surface area contributed by atoms with Gasteiger partial charge in [-0.2, -0.15) is 0 Å². The van der Waals surface area contributed by atoms with Gasteiger partial charge in [-0.1, -0.05) is 0 Å². The second-order valence-electron chi connectivity index (χ2n) is 8.31. The van der Waals surface area contributed by atoms with Crippen molar-refractivity contribution in [3.8, 4) is 0 Å². The van der Waals surface area contributed by atoms with Crippen LogP contribution in [0.25, 0.3) is 11.0 Å². The number of hydrogen-bond acceptors (Lipinski definition) is 7. The van der Waals surface area contributed by atoms with Crippen LogP contribution in [0.1, 0.15) is 31.1 Å². The van der Waals surface area contributed by atoms with Gasteiger partial charge in [0.1, 0.15) is 16.9 Å². The molecule has 0 aliphatic carbocycles. The summed E-state index contributed by atoms with van der Waals surface area (Å²) in [5.41, 5.74) is 1.23. The second kappa shape index (κ2) is 9.78. The summed E-state index contributed by atoms with van der Waals surface area (Å²) in [5, 5.41) is 2.82. The molecule has 1 N–H and O–H groups in total. The molecule has 1 aromatic carbocycles. The van der Waals surface area contributed by atoms with E-state index in [4.69, 9.17) is 14.5 Å². The first-order chi connectivity index (χ1) is 14.6. The Morgan fingerprint density at radius 3 is 2.68 bits per heavy atom. The Morgan fingerprint density at radius 2 is 2.00 bits per heavy atom. The summed E-state index contributed by atoms with van der Waals surface area (Å²) >= 11 is 3.52. The zero-order valence-electron chi connectivity index (χ0n) is 18.3. The molecule has 1 aromatic heterocycles. The van der Waals surface area contributed by atoms with E-state index in [1.165, 1.54) is 4.90 Å². The molecule has 168 valence electrons. The van der Waals surface area contributed by atoms with Gasteiger partial charge in [0.15, 0.2) is 0 Å². The predicted octanol–water partition coefficient (Wildman–Crippen LogP) is 2.83. The standard InChI is InChI=1S/C21H28BrN5O4/c1-21(2,3)31-20(29)26(4)6-5-23-19(28)14-11-15(22)18-16(12-14)24-13-17(25-18)27-7-9-30-10-8-27/h11-13H,5-10H2,1-4H3,(H,23,28). The number of amides is 2. The number of hydrogen-bond donors (Lipinski definition) is 1. The zero-order chi connectivity index (χ0) is 22.6. The summed E-state index contributed by atoms with van der Waals surface area (Å²) in [6.07, 6.45) is 1.29. The average molecular weight is 494 g/mol.